The highest BCUT2D eigenvalue weighted by Crippen LogP contribution is 2.20. The van der Waals surface area contributed by atoms with Crippen molar-refractivity contribution >= 4 is 21.7 Å². The van der Waals surface area contributed by atoms with Gasteiger partial charge in [-0.05, 0) is 36.0 Å². The quantitative estimate of drug-likeness (QED) is 0.716. The van der Waals surface area contributed by atoms with Crippen LogP contribution in [0.15, 0.2) is 18.2 Å². The van der Waals surface area contributed by atoms with E-state index in [-0.39, 0.29) is 0 Å². The van der Waals surface area contributed by atoms with Crippen molar-refractivity contribution in [3.63, 3.8) is 0 Å². The Morgan fingerprint density at radius 2 is 2.13 bits per heavy atom. The lowest BCUT2D eigenvalue weighted by Gasteiger charge is -2.01. The lowest BCUT2D eigenvalue weighted by molar-refractivity contribution is 0.668. The first-order chi connectivity index (χ1) is 7.42. The molecule has 0 atom stereocenters. The number of nitrogens with zero attached hydrogens (tertiary/aromatic N) is 2. The molecule has 2 rings (SSSR count). The van der Waals surface area contributed by atoms with Gasteiger partial charge in [-0.25, -0.2) is 0 Å². The number of fused-ring (bicyclic) bond motifs is 1. The van der Waals surface area contributed by atoms with Gasteiger partial charge < -0.3 is 0 Å². The molecule has 0 radical (unpaired) electrons. The van der Waals surface area contributed by atoms with E-state index in [0.717, 1.165) is 11.9 Å². The molecule has 1 aromatic carbocycles. The average molecular weight is 220 g/mol. The molecule has 2 aromatic rings. The van der Waals surface area contributed by atoms with Crippen LogP contribution < -0.4 is 0 Å². The van der Waals surface area contributed by atoms with Crippen LogP contribution in [-0.4, -0.2) is 9.59 Å². The topological polar surface area (TPSA) is 25.8 Å². The Morgan fingerprint density at radius 3 is 3.00 bits per heavy atom. The molecule has 0 N–H and O–H groups in total. The summed E-state index contributed by atoms with van der Waals surface area (Å²) in [6, 6.07) is 6.38. The molecular weight excluding hydrogens is 204 g/mol. The van der Waals surface area contributed by atoms with Crippen LogP contribution in [0.5, 0.6) is 0 Å². The van der Waals surface area contributed by atoms with Gasteiger partial charge in [0, 0.05) is 0 Å². The molecule has 1 aromatic heterocycles. The highest BCUT2D eigenvalue weighted by Gasteiger charge is 2.03. The molecule has 0 saturated heterocycles. The second-order valence-corrected chi connectivity index (χ2v) is 4.63. The summed E-state index contributed by atoms with van der Waals surface area (Å²) >= 11 is 1.48. The molecule has 80 valence electrons. The molecule has 0 amide bonds. The summed E-state index contributed by atoms with van der Waals surface area (Å²) in [5.41, 5.74) is 2.47. The van der Waals surface area contributed by atoms with Gasteiger partial charge in [-0.15, -0.1) is 5.10 Å². The zero-order valence-electron chi connectivity index (χ0n) is 9.07. The SMILES string of the molecule is CCCCCCc1cccc2snnc12. The molecule has 0 unspecified atom stereocenters. The Balaban J connectivity index is 2.04. The van der Waals surface area contributed by atoms with E-state index in [2.05, 4.69) is 34.7 Å². The molecule has 0 bridgehead atoms. The maximum atomic E-state index is 4.19. The van der Waals surface area contributed by atoms with Crippen molar-refractivity contribution in [2.24, 2.45) is 0 Å². The third-order valence-corrected chi connectivity index (χ3v) is 3.35. The molecule has 0 spiro atoms. The van der Waals surface area contributed by atoms with E-state index >= 15 is 0 Å². The van der Waals surface area contributed by atoms with Crippen LogP contribution in [0.3, 0.4) is 0 Å². The lowest BCUT2D eigenvalue weighted by Crippen LogP contribution is -1.87. The van der Waals surface area contributed by atoms with E-state index in [1.807, 2.05) is 0 Å². The van der Waals surface area contributed by atoms with Crippen LogP contribution in [0, 0.1) is 0 Å². The molecule has 3 heteroatoms. The molecule has 0 aliphatic carbocycles. The molecule has 0 aliphatic rings. The first-order valence-electron chi connectivity index (χ1n) is 5.61. The van der Waals surface area contributed by atoms with Gasteiger partial charge in [0.05, 0.1) is 4.70 Å². The Kier molecular flexibility index (Phi) is 3.67. The number of aromatic nitrogens is 2. The molecule has 2 nitrogen and oxygen atoms in total. The normalized spacial score (nSPS) is 11.0. The minimum absolute atomic E-state index is 1.11. The third kappa shape index (κ3) is 2.53. The highest BCUT2D eigenvalue weighted by atomic mass is 32.1. The van der Waals surface area contributed by atoms with Crippen LogP contribution in [0.4, 0.5) is 0 Å². The van der Waals surface area contributed by atoms with Crippen LogP contribution in [0.2, 0.25) is 0 Å². The molecular formula is C12H16N2S. The highest BCUT2D eigenvalue weighted by molar-refractivity contribution is 7.12. The summed E-state index contributed by atoms with van der Waals surface area (Å²) in [5, 5.41) is 4.19. The van der Waals surface area contributed by atoms with Crippen LogP contribution >= 0.6 is 11.5 Å². The smallest absolute Gasteiger partial charge is 0.109 e. The maximum absolute atomic E-state index is 4.19. The van der Waals surface area contributed by atoms with Gasteiger partial charge in [0.1, 0.15) is 5.52 Å². The fourth-order valence-electron chi connectivity index (χ4n) is 1.80. The average Bonchev–Trinajstić information content (AvgIpc) is 2.73. The van der Waals surface area contributed by atoms with E-state index in [4.69, 9.17) is 0 Å². The Morgan fingerprint density at radius 1 is 1.20 bits per heavy atom. The van der Waals surface area contributed by atoms with Crippen molar-refractivity contribution in [1.82, 2.24) is 9.59 Å². The van der Waals surface area contributed by atoms with Gasteiger partial charge in [-0.1, -0.05) is 42.8 Å². The summed E-state index contributed by atoms with van der Waals surface area (Å²) in [4.78, 5) is 0. The van der Waals surface area contributed by atoms with Gasteiger partial charge >= 0.3 is 0 Å². The minimum atomic E-state index is 1.11. The maximum Gasteiger partial charge on any atom is 0.109 e. The van der Waals surface area contributed by atoms with Gasteiger partial charge in [-0.2, -0.15) is 0 Å². The number of aryl methyl sites for hydroxylation is 1. The van der Waals surface area contributed by atoms with Crippen LogP contribution in [0.1, 0.15) is 38.2 Å². The van der Waals surface area contributed by atoms with Crippen LogP contribution in [0.25, 0.3) is 10.2 Å². The van der Waals surface area contributed by atoms with E-state index in [9.17, 15) is 0 Å². The van der Waals surface area contributed by atoms with Gasteiger partial charge in [-0.3, -0.25) is 0 Å². The Labute approximate surface area is 94.5 Å². The number of unbranched alkanes of at least 4 members (excludes halogenated alkanes) is 3. The Hall–Kier alpha value is -0.960. The third-order valence-electron chi connectivity index (χ3n) is 2.66. The summed E-state index contributed by atoms with van der Waals surface area (Å²) < 4.78 is 5.21. The van der Waals surface area contributed by atoms with Gasteiger partial charge in [0.2, 0.25) is 0 Å². The van der Waals surface area contributed by atoms with Crippen molar-refractivity contribution < 1.29 is 0 Å². The first kappa shape index (κ1) is 10.6. The number of benzene rings is 1. The van der Waals surface area contributed by atoms with Crippen molar-refractivity contribution in [2.75, 3.05) is 0 Å². The van der Waals surface area contributed by atoms with Crippen LogP contribution in [-0.2, 0) is 6.42 Å². The molecule has 0 fully saturated rings. The molecule has 0 saturated carbocycles. The fraction of sp³-hybridized carbons (Fsp3) is 0.500. The van der Waals surface area contributed by atoms with Crippen molar-refractivity contribution in [3.05, 3.63) is 23.8 Å². The summed E-state index contributed by atoms with van der Waals surface area (Å²) in [6.07, 6.45) is 6.37. The van der Waals surface area contributed by atoms with E-state index < -0.39 is 0 Å². The van der Waals surface area contributed by atoms with Crippen molar-refractivity contribution in [3.8, 4) is 0 Å². The summed E-state index contributed by atoms with van der Waals surface area (Å²) in [7, 11) is 0. The fourth-order valence-corrected chi connectivity index (χ4v) is 2.41. The van der Waals surface area contributed by atoms with E-state index in [1.54, 1.807) is 0 Å². The summed E-state index contributed by atoms with van der Waals surface area (Å²) in [5.74, 6) is 0. The zero-order valence-corrected chi connectivity index (χ0v) is 9.89. The van der Waals surface area contributed by atoms with E-state index in [1.165, 1.54) is 47.5 Å². The van der Waals surface area contributed by atoms with Gasteiger partial charge in [0.15, 0.2) is 0 Å². The molecule has 15 heavy (non-hydrogen) atoms. The predicted molar refractivity (Wildman–Crippen MR) is 65.3 cm³/mol. The number of rotatable bonds is 5. The minimum Gasteiger partial charge on any atom is -0.138 e. The second-order valence-electron chi connectivity index (χ2n) is 3.85. The monoisotopic (exact) mass is 220 g/mol. The standard InChI is InChI=1S/C12H16N2S/c1-2-3-4-5-7-10-8-6-9-11-12(10)13-14-15-11/h6,8-9H,2-5,7H2,1H3. The second kappa shape index (κ2) is 5.21. The zero-order chi connectivity index (χ0) is 10.5. The predicted octanol–water partition coefficient (Wildman–Crippen LogP) is 3.81. The summed E-state index contributed by atoms with van der Waals surface area (Å²) in [6.45, 7) is 2.24. The lowest BCUT2D eigenvalue weighted by atomic mass is 10.1. The molecule has 1 heterocycles. The van der Waals surface area contributed by atoms with E-state index in [0.29, 0.717) is 0 Å². The molecule has 0 aliphatic heterocycles. The Bertz CT molecular complexity index is 422. The first-order valence-corrected chi connectivity index (χ1v) is 6.39. The van der Waals surface area contributed by atoms with Crippen molar-refractivity contribution in [2.45, 2.75) is 39.0 Å². The van der Waals surface area contributed by atoms with Crippen molar-refractivity contribution in [1.29, 1.82) is 0 Å². The van der Waals surface area contributed by atoms with Gasteiger partial charge in [0.25, 0.3) is 0 Å². The largest absolute Gasteiger partial charge is 0.138 e. The number of hydrogen-bond acceptors (Lipinski definition) is 3. The number of hydrogen-bond donors (Lipinski definition) is 0.